The number of nitrogens with two attached hydrogens (primary N) is 1. The number of pyridine rings is 1. The summed E-state index contributed by atoms with van der Waals surface area (Å²) in [6.45, 7) is -0.175. The Morgan fingerprint density at radius 1 is 1.69 bits per heavy atom. The summed E-state index contributed by atoms with van der Waals surface area (Å²) in [7, 11) is 1.50. The van der Waals surface area contributed by atoms with Crippen molar-refractivity contribution < 1.29 is 9.84 Å². The number of hydrogen-bond acceptors (Lipinski definition) is 4. The van der Waals surface area contributed by atoms with Gasteiger partial charge in [-0.05, 0) is 6.07 Å². The van der Waals surface area contributed by atoms with E-state index in [9.17, 15) is 0 Å². The molecule has 0 aliphatic heterocycles. The van der Waals surface area contributed by atoms with Crippen molar-refractivity contribution in [1.82, 2.24) is 4.98 Å². The zero-order chi connectivity index (χ0) is 9.68. The van der Waals surface area contributed by atoms with E-state index in [2.05, 4.69) is 16.8 Å². The molecule has 68 valence electrons. The van der Waals surface area contributed by atoms with Crippen molar-refractivity contribution in [3.63, 3.8) is 0 Å². The molecule has 4 heteroatoms. The average Bonchev–Trinajstić information content (AvgIpc) is 2.15. The smallest absolute Gasteiger partial charge is 0.236 e. The highest BCUT2D eigenvalue weighted by Gasteiger charge is 1.99. The first-order chi connectivity index (χ1) is 6.27. The van der Waals surface area contributed by atoms with Crippen LogP contribution in [-0.2, 0) is 0 Å². The number of methoxy groups -OCH3 is 1. The quantitative estimate of drug-likeness (QED) is 0.595. The van der Waals surface area contributed by atoms with Crippen LogP contribution in [0.4, 0.5) is 5.69 Å². The molecule has 0 fully saturated rings. The molecule has 0 aliphatic rings. The lowest BCUT2D eigenvalue weighted by Crippen LogP contribution is -1.95. The Labute approximate surface area is 76.4 Å². The van der Waals surface area contributed by atoms with Gasteiger partial charge in [-0.1, -0.05) is 11.8 Å². The lowest BCUT2D eigenvalue weighted by Gasteiger charge is -2.01. The molecule has 13 heavy (non-hydrogen) atoms. The fourth-order valence-electron chi connectivity index (χ4n) is 0.850. The molecule has 1 aromatic rings. The molecule has 0 amide bonds. The first-order valence-electron chi connectivity index (χ1n) is 3.67. The molecular formula is C9H10N2O2. The van der Waals surface area contributed by atoms with Crippen molar-refractivity contribution in [2.24, 2.45) is 0 Å². The second-order valence-corrected chi connectivity index (χ2v) is 2.28. The molecule has 3 N–H and O–H groups in total. The normalized spacial score (nSPS) is 8.77. The van der Waals surface area contributed by atoms with Crippen LogP contribution in [-0.4, -0.2) is 23.8 Å². The topological polar surface area (TPSA) is 68.4 Å². The molecule has 1 rings (SSSR count). The van der Waals surface area contributed by atoms with E-state index in [0.29, 0.717) is 17.1 Å². The van der Waals surface area contributed by atoms with Crippen LogP contribution in [0.5, 0.6) is 5.88 Å². The number of anilines is 1. The van der Waals surface area contributed by atoms with Gasteiger partial charge in [0.1, 0.15) is 6.61 Å². The molecule has 1 heterocycles. The van der Waals surface area contributed by atoms with E-state index in [1.54, 1.807) is 6.07 Å². The molecule has 0 bridgehead atoms. The summed E-state index contributed by atoms with van der Waals surface area (Å²) in [6, 6.07) is 1.65. The monoisotopic (exact) mass is 178 g/mol. The maximum absolute atomic E-state index is 8.45. The van der Waals surface area contributed by atoms with Gasteiger partial charge in [-0.15, -0.1) is 0 Å². The van der Waals surface area contributed by atoms with Gasteiger partial charge in [-0.2, -0.15) is 0 Å². The molecule has 0 radical (unpaired) electrons. The van der Waals surface area contributed by atoms with E-state index in [1.807, 2.05) is 0 Å². The Kier molecular flexibility index (Phi) is 3.12. The highest BCUT2D eigenvalue weighted by atomic mass is 16.5. The van der Waals surface area contributed by atoms with Gasteiger partial charge in [0, 0.05) is 11.8 Å². The van der Waals surface area contributed by atoms with Gasteiger partial charge in [-0.3, -0.25) is 0 Å². The number of aliphatic hydroxyl groups is 1. The zero-order valence-electron chi connectivity index (χ0n) is 7.24. The number of ether oxygens (including phenoxy) is 1. The lowest BCUT2D eigenvalue weighted by molar-refractivity contribution is 0.350. The van der Waals surface area contributed by atoms with Crippen LogP contribution in [0.15, 0.2) is 12.3 Å². The molecule has 0 saturated carbocycles. The Morgan fingerprint density at radius 2 is 2.46 bits per heavy atom. The predicted octanol–water partition coefficient (Wildman–Crippen LogP) is 0.0162. The van der Waals surface area contributed by atoms with Gasteiger partial charge in [0.15, 0.2) is 0 Å². The summed E-state index contributed by atoms with van der Waals surface area (Å²) in [5.41, 5.74) is 6.68. The Balaban J connectivity index is 2.96. The lowest BCUT2D eigenvalue weighted by atomic mass is 10.2. The van der Waals surface area contributed by atoms with Crippen molar-refractivity contribution >= 4 is 5.69 Å². The molecule has 0 unspecified atom stereocenters. The van der Waals surface area contributed by atoms with E-state index >= 15 is 0 Å². The van der Waals surface area contributed by atoms with Gasteiger partial charge in [-0.25, -0.2) is 4.98 Å². The predicted molar refractivity (Wildman–Crippen MR) is 49.2 cm³/mol. The van der Waals surface area contributed by atoms with Crippen LogP contribution in [0.2, 0.25) is 0 Å². The molecule has 0 spiro atoms. The Hall–Kier alpha value is -1.73. The highest BCUT2D eigenvalue weighted by molar-refractivity contribution is 5.52. The number of nitrogen functional groups attached to an aromatic ring is 1. The van der Waals surface area contributed by atoms with Crippen molar-refractivity contribution in [2.75, 3.05) is 19.5 Å². The van der Waals surface area contributed by atoms with E-state index < -0.39 is 0 Å². The number of hydrogen-bond donors (Lipinski definition) is 2. The summed E-state index contributed by atoms with van der Waals surface area (Å²) >= 11 is 0. The maximum atomic E-state index is 8.45. The van der Waals surface area contributed by atoms with Gasteiger partial charge in [0.05, 0.1) is 12.8 Å². The van der Waals surface area contributed by atoms with Crippen molar-refractivity contribution in [1.29, 1.82) is 0 Å². The molecule has 1 aromatic heterocycles. The van der Waals surface area contributed by atoms with Crippen LogP contribution < -0.4 is 10.5 Å². The second-order valence-electron chi connectivity index (χ2n) is 2.28. The zero-order valence-corrected chi connectivity index (χ0v) is 7.24. The van der Waals surface area contributed by atoms with E-state index in [4.69, 9.17) is 15.6 Å². The Bertz CT molecular complexity index is 352. The minimum atomic E-state index is -0.175. The standard InChI is InChI=1S/C9H10N2O2/c1-13-9-8(10)5-7(6-11-9)3-2-4-12/h5-6,12H,4,10H2,1H3. The van der Waals surface area contributed by atoms with Crippen LogP contribution in [0.3, 0.4) is 0 Å². The van der Waals surface area contributed by atoms with Gasteiger partial charge >= 0.3 is 0 Å². The first-order valence-corrected chi connectivity index (χ1v) is 3.67. The van der Waals surface area contributed by atoms with Crippen LogP contribution in [0, 0.1) is 11.8 Å². The number of aliphatic hydroxyl groups excluding tert-OH is 1. The van der Waals surface area contributed by atoms with E-state index in [-0.39, 0.29) is 6.61 Å². The third-order valence-electron chi connectivity index (χ3n) is 1.38. The largest absolute Gasteiger partial charge is 0.480 e. The number of nitrogens with zero attached hydrogens (tertiary/aromatic N) is 1. The van der Waals surface area contributed by atoms with Crippen LogP contribution in [0.1, 0.15) is 5.56 Å². The molecule has 0 atom stereocenters. The molecular weight excluding hydrogens is 168 g/mol. The van der Waals surface area contributed by atoms with Gasteiger partial charge in [0.2, 0.25) is 5.88 Å². The van der Waals surface area contributed by atoms with Crippen LogP contribution >= 0.6 is 0 Å². The van der Waals surface area contributed by atoms with E-state index in [0.717, 1.165) is 0 Å². The van der Waals surface area contributed by atoms with Crippen LogP contribution in [0.25, 0.3) is 0 Å². The summed E-state index contributed by atoms with van der Waals surface area (Å²) in [5.74, 6) is 5.57. The summed E-state index contributed by atoms with van der Waals surface area (Å²) < 4.78 is 4.87. The van der Waals surface area contributed by atoms with E-state index in [1.165, 1.54) is 13.3 Å². The first kappa shape index (κ1) is 9.36. The molecule has 0 aromatic carbocycles. The number of aromatic nitrogens is 1. The fraction of sp³-hybridized carbons (Fsp3) is 0.222. The SMILES string of the molecule is COc1ncc(C#CCO)cc1N. The second kappa shape index (κ2) is 4.33. The highest BCUT2D eigenvalue weighted by Crippen LogP contribution is 2.17. The molecule has 0 saturated heterocycles. The van der Waals surface area contributed by atoms with Crippen molar-refractivity contribution in [3.05, 3.63) is 17.8 Å². The number of rotatable bonds is 1. The van der Waals surface area contributed by atoms with Crippen molar-refractivity contribution in [2.45, 2.75) is 0 Å². The third kappa shape index (κ3) is 2.36. The molecule has 0 aliphatic carbocycles. The average molecular weight is 178 g/mol. The summed E-state index contributed by atoms with van der Waals surface area (Å²) in [5, 5.41) is 8.45. The van der Waals surface area contributed by atoms with Crippen molar-refractivity contribution in [3.8, 4) is 17.7 Å². The van der Waals surface area contributed by atoms with Gasteiger partial charge in [0.25, 0.3) is 0 Å². The maximum Gasteiger partial charge on any atom is 0.236 e. The Morgan fingerprint density at radius 3 is 3.00 bits per heavy atom. The fourth-order valence-corrected chi connectivity index (χ4v) is 0.850. The minimum absolute atomic E-state index is 0.175. The molecule has 4 nitrogen and oxygen atoms in total. The summed E-state index contributed by atoms with van der Waals surface area (Å²) in [4.78, 5) is 3.92. The van der Waals surface area contributed by atoms with Gasteiger partial charge < -0.3 is 15.6 Å². The third-order valence-corrected chi connectivity index (χ3v) is 1.38. The summed E-state index contributed by atoms with van der Waals surface area (Å²) in [6.07, 6.45) is 1.54. The minimum Gasteiger partial charge on any atom is -0.480 e.